The van der Waals surface area contributed by atoms with Gasteiger partial charge in [0, 0.05) is 29.9 Å². The lowest BCUT2D eigenvalue weighted by molar-refractivity contribution is 0.0303. The van der Waals surface area contributed by atoms with Gasteiger partial charge in [0.25, 0.3) is 11.8 Å². The first-order valence-corrected chi connectivity index (χ1v) is 8.41. The number of nitrogens with one attached hydrogen (secondary N) is 1. The highest BCUT2D eigenvalue weighted by molar-refractivity contribution is 6.04. The summed E-state index contributed by atoms with van der Waals surface area (Å²) in [6.45, 7) is 4.34. The number of benzene rings is 1. The monoisotopic (exact) mass is 339 g/mol. The van der Waals surface area contributed by atoms with Crippen LogP contribution in [0.3, 0.4) is 0 Å². The van der Waals surface area contributed by atoms with Crippen molar-refractivity contribution in [3.8, 4) is 0 Å². The van der Waals surface area contributed by atoms with Crippen LogP contribution in [0.5, 0.6) is 0 Å². The Morgan fingerprint density at radius 3 is 2.44 bits per heavy atom. The Bertz CT molecular complexity index is 753. The van der Waals surface area contributed by atoms with Gasteiger partial charge in [-0.2, -0.15) is 0 Å². The maximum atomic E-state index is 12.4. The van der Waals surface area contributed by atoms with Crippen LogP contribution in [0.4, 0.5) is 5.82 Å². The van der Waals surface area contributed by atoms with Gasteiger partial charge in [-0.05, 0) is 42.8 Å². The number of ether oxygens (including phenoxy) is 1. The number of anilines is 1. The number of carbonyl (C=O) groups is 2. The number of nitrogens with zero attached hydrogens (tertiary/aromatic N) is 2. The predicted octanol–water partition coefficient (Wildman–Crippen LogP) is 2.37. The number of morpholine rings is 1. The maximum absolute atomic E-state index is 12.4. The predicted molar refractivity (Wildman–Crippen MR) is 94.7 cm³/mol. The average molecular weight is 339 g/mol. The fraction of sp³-hybridized carbons (Fsp3) is 0.316. The highest BCUT2D eigenvalue weighted by Crippen LogP contribution is 2.12. The molecule has 0 bridgehead atoms. The fourth-order valence-electron chi connectivity index (χ4n) is 2.65. The number of rotatable bonds is 4. The number of pyridine rings is 1. The molecule has 1 fully saturated rings. The molecule has 0 aliphatic carbocycles. The zero-order valence-electron chi connectivity index (χ0n) is 14.2. The lowest BCUT2D eigenvalue weighted by atomic mass is 10.1. The van der Waals surface area contributed by atoms with Crippen molar-refractivity contribution in [3.05, 3.63) is 59.3 Å². The van der Waals surface area contributed by atoms with E-state index in [1.165, 1.54) is 0 Å². The third-order valence-electron chi connectivity index (χ3n) is 4.10. The van der Waals surface area contributed by atoms with Gasteiger partial charge in [0.15, 0.2) is 0 Å². The Morgan fingerprint density at radius 1 is 1.08 bits per heavy atom. The van der Waals surface area contributed by atoms with Gasteiger partial charge in [-0.1, -0.05) is 13.0 Å². The molecule has 3 rings (SSSR count). The van der Waals surface area contributed by atoms with Crippen LogP contribution < -0.4 is 5.32 Å². The van der Waals surface area contributed by atoms with Crippen LogP contribution >= 0.6 is 0 Å². The molecule has 6 nitrogen and oxygen atoms in total. The van der Waals surface area contributed by atoms with Gasteiger partial charge in [-0.25, -0.2) is 4.98 Å². The molecule has 1 N–H and O–H groups in total. The molecule has 1 aliphatic heterocycles. The minimum atomic E-state index is -0.244. The van der Waals surface area contributed by atoms with Crippen LogP contribution in [-0.4, -0.2) is 48.0 Å². The molecule has 25 heavy (non-hydrogen) atoms. The highest BCUT2D eigenvalue weighted by atomic mass is 16.5. The summed E-state index contributed by atoms with van der Waals surface area (Å²) >= 11 is 0. The number of aryl methyl sites for hydroxylation is 1. The number of amides is 2. The first kappa shape index (κ1) is 17.1. The topological polar surface area (TPSA) is 71.5 Å². The van der Waals surface area contributed by atoms with Gasteiger partial charge in [-0.15, -0.1) is 0 Å². The van der Waals surface area contributed by atoms with Crippen molar-refractivity contribution in [1.82, 2.24) is 9.88 Å². The van der Waals surface area contributed by atoms with Crippen molar-refractivity contribution in [2.45, 2.75) is 13.3 Å². The summed E-state index contributed by atoms with van der Waals surface area (Å²) < 4.78 is 5.26. The van der Waals surface area contributed by atoms with Crippen molar-refractivity contribution < 1.29 is 14.3 Å². The van der Waals surface area contributed by atoms with E-state index in [0.717, 1.165) is 12.1 Å². The molecule has 0 atom stereocenters. The first-order chi connectivity index (χ1) is 12.2. The van der Waals surface area contributed by atoms with Crippen LogP contribution in [0.15, 0.2) is 42.5 Å². The minimum absolute atomic E-state index is 0.0347. The van der Waals surface area contributed by atoms with E-state index in [1.54, 1.807) is 35.2 Å². The molecule has 1 aromatic heterocycles. The fourth-order valence-corrected chi connectivity index (χ4v) is 2.65. The summed E-state index contributed by atoms with van der Waals surface area (Å²) in [4.78, 5) is 30.9. The van der Waals surface area contributed by atoms with Crippen molar-refractivity contribution in [2.75, 3.05) is 31.6 Å². The molecule has 130 valence electrons. The molecule has 0 unspecified atom stereocenters. The summed E-state index contributed by atoms with van der Waals surface area (Å²) in [7, 11) is 0. The lowest BCUT2D eigenvalue weighted by Crippen LogP contribution is -2.40. The quantitative estimate of drug-likeness (QED) is 0.928. The van der Waals surface area contributed by atoms with E-state index in [0.29, 0.717) is 43.2 Å². The van der Waals surface area contributed by atoms with Crippen molar-refractivity contribution >= 4 is 17.6 Å². The van der Waals surface area contributed by atoms with E-state index in [-0.39, 0.29) is 11.8 Å². The third kappa shape index (κ3) is 4.22. The summed E-state index contributed by atoms with van der Waals surface area (Å²) in [5.41, 5.74) is 1.98. The zero-order valence-corrected chi connectivity index (χ0v) is 14.2. The van der Waals surface area contributed by atoms with E-state index in [1.807, 2.05) is 19.1 Å². The third-order valence-corrected chi connectivity index (χ3v) is 4.10. The molecule has 0 saturated carbocycles. The molecule has 6 heteroatoms. The summed E-state index contributed by atoms with van der Waals surface area (Å²) in [6, 6.07) is 12.2. The zero-order chi connectivity index (χ0) is 17.6. The largest absolute Gasteiger partial charge is 0.378 e. The summed E-state index contributed by atoms with van der Waals surface area (Å²) in [5.74, 6) is 0.247. The van der Waals surface area contributed by atoms with Crippen LogP contribution in [0, 0.1) is 0 Å². The molecule has 1 saturated heterocycles. The number of hydrogen-bond acceptors (Lipinski definition) is 4. The highest BCUT2D eigenvalue weighted by Gasteiger charge is 2.18. The molecule has 1 aromatic carbocycles. The Kier molecular flexibility index (Phi) is 5.40. The second-order valence-electron chi connectivity index (χ2n) is 5.80. The molecular formula is C19H21N3O3. The van der Waals surface area contributed by atoms with E-state index in [2.05, 4.69) is 10.3 Å². The second-order valence-corrected chi connectivity index (χ2v) is 5.80. The molecule has 0 spiro atoms. The van der Waals surface area contributed by atoms with Crippen molar-refractivity contribution in [1.29, 1.82) is 0 Å². The standard InChI is InChI=1S/C19H21N3O3/c1-2-16-4-3-5-17(20-16)21-18(23)14-6-8-15(9-7-14)19(24)22-10-12-25-13-11-22/h3-9H,2,10-13H2,1H3,(H,20,21,23). The van der Waals surface area contributed by atoms with Gasteiger partial charge in [0.05, 0.1) is 13.2 Å². The molecule has 1 aliphatic rings. The van der Waals surface area contributed by atoms with E-state index in [4.69, 9.17) is 4.74 Å². The molecule has 2 aromatic rings. The Hall–Kier alpha value is -2.73. The molecule has 2 amide bonds. The van der Waals surface area contributed by atoms with Gasteiger partial charge in [0.2, 0.25) is 0 Å². The van der Waals surface area contributed by atoms with E-state index >= 15 is 0 Å². The summed E-state index contributed by atoms with van der Waals surface area (Å²) in [6.07, 6.45) is 0.808. The van der Waals surface area contributed by atoms with Crippen molar-refractivity contribution in [3.63, 3.8) is 0 Å². The van der Waals surface area contributed by atoms with Gasteiger partial charge in [0.1, 0.15) is 5.82 Å². The van der Waals surface area contributed by atoms with Crippen LogP contribution in [0.25, 0.3) is 0 Å². The Balaban J connectivity index is 1.66. The summed E-state index contributed by atoms with van der Waals surface area (Å²) in [5, 5.41) is 2.78. The second kappa shape index (κ2) is 7.90. The normalized spacial score (nSPS) is 14.2. The van der Waals surface area contributed by atoms with E-state index < -0.39 is 0 Å². The maximum Gasteiger partial charge on any atom is 0.256 e. The minimum Gasteiger partial charge on any atom is -0.378 e. The molecule has 2 heterocycles. The smallest absolute Gasteiger partial charge is 0.256 e. The Labute approximate surface area is 146 Å². The van der Waals surface area contributed by atoms with Gasteiger partial charge >= 0.3 is 0 Å². The first-order valence-electron chi connectivity index (χ1n) is 8.41. The number of hydrogen-bond donors (Lipinski definition) is 1. The number of carbonyl (C=O) groups excluding carboxylic acids is 2. The molecule has 0 radical (unpaired) electrons. The SMILES string of the molecule is CCc1cccc(NC(=O)c2ccc(C(=O)N3CCOCC3)cc2)n1. The average Bonchev–Trinajstić information content (AvgIpc) is 2.68. The molecular weight excluding hydrogens is 318 g/mol. The van der Waals surface area contributed by atoms with Crippen LogP contribution in [-0.2, 0) is 11.2 Å². The van der Waals surface area contributed by atoms with E-state index in [9.17, 15) is 9.59 Å². The van der Waals surface area contributed by atoms with Crippen LogP contribution in [0.1, 0.15) is 33.3 Å². The Morgan fingerprint density at radius 2 is 1.76 bits per heavy atom. The van der Waals surface area contributed by atoms with Gasteiger partial charge in [-0.3, -0.25) is 9.59 Å². The van der Waals surface area contributed by atoms with Gasteiger partial charge < -0.3 is 15.0 Å². The number of aromatic nitrogens is 1. The van der Waals surface area contributed by atoms with Crippen molar-refractivity contribution in [2.24, 2.45) is 0 Å². The van der Waals surface area contributed by atoms with Crippen LogP contribution in [0.2, 0.25) is 0 Å². The lowest BCUT2D eigenvalue weighted by Gasteiger charge is -2.26.